The zero-order valence-electron chi connectivity index (χ0n) is 9.42. The minimum Gasteiger partial charge on any atom is -0.464 e. The van der Waals surface area contributed by atoms with E-state index in [0.29, 0.717) is 0 Å². The number of para-hydroxylation sites is 1. The SMILES string of the molecule is NC(=O)Cc1nc(-c2coc3ccccc23)cs1. The molecule has 0 bridgehead atoms. The molecular formula is C13H10N2O2S. The van der Waals surface area contributed by atoms with Gasteiger partial charge in [0, 0.05) is 16.3 Å². The molecule has 4 nitrogen and oxygen atoms in total. The van der Waals surface area contributed by atoms with Crippen LogP contribution in [0.25, 0.3) is 22.2 Å². The minimum atomic E-state index is -0.368. The Kier molecular flexibility index (Phi) is 2.60. The fraction of sp³-hybridized carbons (Fsp3) is 0.0769. The van der Waals surface area contributed by atoms with Gasteiger partial charge in [-0.3, -0.25) is 4.79 Å². The lowest BCUT2D eigenvalue weighted by Crippen LogP contribution is -2.13. The van der Waals surface area contributed by atoms with Gasteiger partial charge in [-0.15, -0.1) is 11.3 Å². The lowest BCUT2D eigenvalue weighted by molar-refractivity contribution is -0.117. The highest BCUT2D eigenvalue weighted by Crippen LogP contribution is 2.31. The summed E-state index contributed by atoms with van der Waals surface area (Å²) < 4.78 is 5.47. The first-order valence-corrected chi connectivity index (χ1v) is 6.31. The second kappa shape index (κ2) is 4.27. The van der Waals surface area contributed by atoms with Crippen LogP contribution >= 0.6 is 11.3 Å². The number of carbonyl (C=O) groups excluding carboxylic acids is 1. The topological polar surface area (TPSA) is 69.1 Å². The molecule has 0 radical (unpaired) electrons. The van der Waals surface area contributed by atoms with Gasteiger partial charge in [0.25, 0.3) is 0 Å². The van der Waals surface area contributed by atoms with Gasteiger partial charge in [-0.2, -0.15) is 0 Å². The summed E-state index contributed by atoms with van der Waals surface area (Å²) in [6.45, 7) is 0. The van der Waals surface area contributed by atoms with E-state index in [-0.39, 0.29) is 12.3 Å². The third kappa shape index (κ3) is 1.89. The number of hydrogen-bond donors (Lipinski definition) is 1. The standard InChI is InChI=1S/C13H10N2O2S/c14-12(16)5-13-15-10(7-18-13)9-6-17-11-4-2-1-3-8(9)11/h1-4,6-7H,5H2,(H2,14,16). The maximum absolute atomic E-state index is 10.8. The van der Waals surface area contributed by atoms with Crippen LogP contribution in [0.2, 0.25) is 0 Å². The number of primary amides is 1. The number of hydrogen-bond acceptors (Lipinski definition) is 4. The highest BCUT2D eigenvalue weighted by molar-refractivity contribution is 7.10. The highest BCUT2D eigenvalue weighted by Gasteiger charge is 2.11. The van der Waals surface area contributed by atoms with Crippen molar-refractivity contribution < 1.29 is 9.21 Å². The molecule has 3 rings (SSSR count). The molecule has 3 aromatic rings. The Morgan fingerprint density at radius 3 is 3.06 bits per heavy atom. The molecule has 90 valence electrons. The lowest BCUT2D eigenvalue weighted by atomic mass is 10.1. The van der Waals surface area contributed by atoms with E-state index in [0.717, 1.165) is 27.2 Å². The summed E-state index contributed by atoms with van der Waals surface area (Å²) >= 11 is 1.43. The van der Waals surface area contributed by atoms with Crippen molar-refractivity contribution in [3.63, 3.8) is 0 Å². The molecule has 0 saturated heterocycles. The van der Waals surface area contributed by atoms with E-state index in [9.17, 15) is 4.79 Å². The van der Waals surface area contributed by atoms with E-state index in [2.05, 4.69) is 4.98 Å². The summed E-state index contributed by atoms with van der Waals surface area (Å²) in [6, 6.07) is 7.78. The van der Waals surface area contributed by atoms with E-state index in [4.69, 9.17) is 10.2 Å². The van der Waals surface area contributed by atoms with Crippen LogP contribution in [-0.2, 0) is 11.2 Å². The van der Waals surface area contributed by atoms with Gasteiger partial charge in [-0.05, 0) is 6.07 Å². The highest BCUT2D eigenvalue weighted by atomic mass is 32.1. The number of furan rings is 1. The van der Waals surface area contributed by atoms with Gasteiger partial charge in [0.1, 0.15) is 16.9 Å². The third-order valence-corrected chi connectivity index (χ3v) is 3.48. The van der Waals surface area contributed by atoms with E-state index in [1.165, 1.54) is 11.3 Å². The summed E-state index contributed by atoms with van der Waals surface area (Å²) in [7, 11) is 0. The van der Waals surface area contributed by atoms with Crippen molar-refractivity contribution in [3.05, 3.63) is 40.9 Å². The quantitative estimate of drug-likeness (QED) is 0.785. The predicted octanol–water partition coefficient (Wildman–Crippen LogP) is 2.58. The van der Waals surface area contributed by atoms with Gasteiger partial charge in [0.05, 0.1) is 12.1 Å². The summed E-state index contributed by atoms with van der Waals surface area (Å²) in [6.07, 6.45) is 1.87. The summed E-state index contributed by atoms with van der Waals surface area (Å²) in [5.41, 5.74) is 7.75. The Morgan fingerprint density at radius 1 is 1.39 bits per heavy atom. The number of amides is 1. The van der Waals surface area contributed by atoms with Crippen molar-refractivity contribution in [3.8, 4) is 11.3 Å². The number of rotatable bonds is 3. The van der Waals surface area contributed by atoms with Crippen molar-refractivity contribution in [1.29, 1.82) is 0 Å². The first kappa shape index (κ1) is 11.0. The second-order valence-electron chi connectivity index (χ2n) is 3.92. The summed E-state index contributed by atoms with van der Waals surface area (Å²) in [5.74, 6) is -0.368. The average molecular weight is 258 g/mol. The Bertz CT molecular complexity index is 714. The van der Waals surface area contributed by atoms with E-state index in [1.54, 1.807) is 6.26 Å². The van der Waals surface area contributed by atoms with Crippen LogP contribution in [0.1, 0.15) is 5.01 Å². The summed E-state index contributed by atoms with van der Waals surface area (Å²) in [5, 5.41) is 3.66. The Morgan fingerprint density at radius 2 is 2.22 bits per heavy atom. The van der Waals surface area contributed by atoms with Crippen molar-refractivity contribution in [2.75, 3.05) is 0 Å². The monoisotopic (exact) mass is 258 g/mol. The number of carbonyl (C=O) groups is 1. The zero-order chi connectivity index (χ0) is 12.5. The van der Waals surface area contributed by atoms with Gasteiger partial charge < -0.3 is 10.2 Å². The Labute approximate surface area is 107 Å². The lowest BCUT2D eigenvalue weighted by Gasteiger charge is -1.92. The van der Waals surface area contributed by atoms with Crippen LogP contribution in [-0.4, -0.2) is 10.9 Å². The molecule has 0 unspecified atom stereocenters. The fourth-order valence-corrected chi connectivity index (χ4v) is 2.64. The number of benzene rings is 1. The molecule has 1 amide bonds. The van der Waals surface area contributed by atoms with Crippen LogP contribution in [0.5, 0.6) is 0 Å². The maximum Gasteiger partial charge on any atom is 0.224 e. The van der Waals surface area contributed by atoms with Crippen LogP contribution in [0, 0.1) is 0 Å². The number of fused-ring (bicyclic) bond motifs is 1. The zero-order valence-corrected chi connectivity index (χ0v) is 10.2. The maximum atomic E-state index is 10.8. The van der Waals surface area contributed by atoms with Crippen LogP contribution in [0.3, 0.4) is 0 Å². The van der Waals surface area contributed by atoms with Gasteiger partial charge >= 0.3 is 0 Å². The molecule has 0 fully saturated rings. The molecule has 2 N–H and O–H groups in total. The first-order valence-electron chi connectivity index (χ1n) is 5.43. The Balaban J connectivity index is 2.04. The predicted molar refractivity (Wildman–Crippen MR) is 70.2 cm³/mol. The minimum absolute atomic E-state index is 0.181. The molecule has 2 heterocycles. The fourth-order valence-electron chi connectivity index (χ4n) is 1.84. The van der Waals surface area contributed by atoms with Crippen molar-refractivity contribution in [2.24, 2.45) is 5.73 Å². The Hall–Kier alpha value is -2.14. The molecule has 18 heavy (non-hydrogen) atoms. The van der Waals surface area contributed by atoms with Crippen molar-refractivity contribution in [1.82, 2.24) is 4.98 Å². The van der Waals surface area contributed by atoms with E-state index in [1.807, 2.05) is 29.6 Å². The number of aromatic nitrogens is 1. The van der Waals surface area contributed by atoms with E-state index >= 15 is 0 Å². The van der Waals surface area contributed by atoms with Gasteiger partial charge in [0.15, 0.2) is 0 Å². The van der Waals surface area contributed by atoms with Crippen LogP contribution in [0.15, 0.2) is 40.3 Å². The van der Waals surface area contributed by atoms with Crippen molar-refractivity contribution in [2.45, 2.75) is 6.42 Å². The smallest absolute Gasteiger partial charge is 0.224 e. The molecule has 0 spiro atoms. The van der Waals surface area contributed by atoms with Gasteiger partial charge in [0.2, 0.25) is 5.91 Å². The third-order valence-electron chi connectivity index (χ3n) is 2.63. The second-order valence-corrected chi connectivity index (χ2v) is 4.86. The van der Waals surface area contributed by atoms with Gasteiger partial charge in [-0.1, -0.05) is 18.2 Å². The molecule has 5 heteroatoms. The van der Waals surface area contributed by atoms with Crippen molar-refractivity contribution >= 4 is 28.2 Å². The molecule has 2 aromatic heterocycles. The first-order chi connectivity index (χ1) is 8.74. The molecule has 0 aliphatic heterocycles. The van der Waals surface area contributed by atoms with Crippen LogP contribution < -0.4 is 5.73 Å². The normalized spacial score (nSPS) is 10.9. The summed E-state index contributed by atoms with van der Waals surface area (Å²) in [4.78, 5) is 15.2. The largest absolute Gasteiger partial charge is 0.464 e. The molecule has 1 aromatic carbocycles. The molecular weight excluding hydrogens is 248 g/mol. The molecule has 0 aliphatic rings. The number of nitrogens with two attached hydrogens (primary N) is 1. The molecule has 0 saturated carbocycles. The molecule has 0 aliphatic carbocycles. The molecule has 0 atom stereocenters. The number of nitrogens with zero attached hydrogens (tertiary/aromatic N) is 1. The van der Waals surface area contributed by atoms with Crippen LogP contribution in [0.4, 0.5) is 0 Å². The average Bonchev–Trinajstić information content (AvgIpc) is 2.94. The van der Waals surface area contributed by atoms with Gasteiger partial charge in [-0.25, -0.2) is 4.98 Å². The number of thiazole rings is 1. The van der Waals surface area contributed by atoms with E-state index < -0.39 is 0 Å².